The lowest BCUT2D eigenvalue weighted by atomic mass is 9.70. The van der Waals surface area contributed by atoms with Crippen LogP contribution < -0.4 is 0 Å². The quantitative estimate of drug-likeness (QED) is 0.625. The van der Waals surface area contributed by atoms with Crippen LogP contribution in [0.15, 0.2) is 0 Å². The van der Waals surface area contributed by atoms with E-state index in [0.717, 1.165) is 19.1 Å². The SMILES string of the molecule is CC1CCC(C=O)(CC(F)F)CC1. The fourth-order valence-electron chi connectivity index (χ4n) is 2.01. The van der Waals surface area contributed by atoms with E-state index in [2.05, 4.69) is 6.92 Å². The number of hydrogen-bond donors (Lipinski definition) is 0. The van der Waals surface area contributed by atoms with Crippen molar-refractivity contribution < 1.29 is 13.6 Å². The Labute approximate surface area is 77.5 Å². The molecule has 0 heterocycles. The molecule has 0 aromatic carbocycles. The van der Waals surface area contributed by atoms with Crippen molar-refractivity contribution in [1.82, 2.24) is 0 Å². The second-order valence-electron chi connectivity index (χ2n) is 4.26. The minimum absolute atomic E-state index is 0.247. The molecule has 0 amide bonds. The molecular weight excluding hydrogens is 174 g/mol. The van der Waals surface area contributed by atoms with Crippen molar-refractivity contribution in [1.29, 1.82) is 0 Å². The predicted molar refractivity (Wildman–Crippen MR) is 46.8 cm³/mol. The van der Waals surface area contributed by atoms with E-state index in [-0.39, 0.29) is 6.42 Å². The van der Waals surface area contributed by atoms with Crippen LogP contribution in [0.3, 0.4) is 0 Å². The molecule has 0 unspecified atom stereocenters. The van der Waals surface area contributed by atoms with E-state index in [4.69, 9.17) is 0 Å². The number of halogens is 2. The highest BCUT2D eigenvalue weighted by molar-refractivity contribution is 5.59. The first kappa shape index (κ1) is 10.6. The first-order chi connectivity index (χ1) is 6.08. The number of alkyl halides is 2. The minimum Gasteiger partial charge on any atom is -0.303 e. The zero-order valence-corrected chi connectivity index (χ0v) is 7.93. The van der Waals surface area contributed by atoms with Crippen LogP contribution in [0.1, 0.15) is 39.0 Å². The molecule has 0 radical (unpaired) electrons. The largest absolute Gasteiger partial charge is 0.303 e. The van der Waals surface area contributed by atoms with Crippen LogP contribution in [-0.4, -0.2) is 12.7 Å². The minimum atomic E-state index is -2.35. The molecule has 1 fully saturated rings. The Balaban J connectivity index is 2.55. The zero-order chi connectivity index (χ0) is 9.90. The maximum absolute atomic E-state index is 12.2. The van der Waals surface area contributed by atoms with Gasteiger partial charge in [0.05, 0.1) is 0 Å². The summed E-state index contributed by atoms with van der Waals surface area (Å²) >= 11 is 0. The summed E-state index contributed by atoms with van der Waals surface area (Å²) in [6.07, 6.45) is 1.26. The summed E-state index contributed by atoms with van der Waals surface area (Å²) in [6.45, 7) is 2.11. The van der Waals surface area contributed by atoms with E-state index in [1.807, 2.05) is 0 Å². The highest BCUT2D eigenvalue weighted by Crippen LogP contribution is 2.41. The van der Waals surface area contributed by atoms with Gasteiger partial charge in [-0.2, -0.15) is 0 Å². The average molecular weight is 190 g/mol. The molecule has 1 rings (SSSR count). The van der Waals surface area contributed by atoms with Crippen LogP contribution >= 0.6 is 0 Å². The molecule has 0 saturated heterocycles. The van der Waals surface area contributed by atoms with E-state index >= 15 is 0 Å². The molecule has 3 heteroatoms. The molecule has 0 aromatic heterocycles. The van der Waals surface area contributed by atoms with Crippen LogP contribution in [-0.2, 0) is 4.79 Å². The lowest BCUT2D eigenvalue weighted by Crippen LogP contribution is -2.30. The lowest BCUT2D eigenvalue weighted by molar-refractivity contribution is -0.121. The van der Waals surface area contributed by atoms with Gasteiger partial charge in [0.25, 0.3) is 0 Å². The van der Waals surface area contributed by atoms with Gasteiger partial charge in [-0.1, -0.05) is 6.92 Å². The van der Waals surface area contributed by atoms with Crippen molar-refractivity contribution in [3.8, 4) is 0 Å². The third-order valence-corrected chi connectivity index (χ3v) is 3.08. The molecule has 1 aliphatic rings. The molecule has 13 heavy (non-hydrogen) atoms. The zero-order valence-electron chi connectivity index (χ0n) is 7.93. The lowest BCUT2D eigenvalue weighted by Gasteiger charge is -2.34. The van der Waals surface area contributed by atoms with Gasteiger partial charge in [-0.05, 0) is 31.6 Å². The van der Waals surface area contributed by atoms with E-state index in [1.54, 1.807) is 0 Å². The molecule has 0 bridgehead atoms. The number of carbonyl (C=O) groups is 1. The van der Waals surface area contributed by atoms with Crippen molar-refractivity contribution in [2.75, 3.05) is 0 Å². The smallest absolute Gasteiger partial charge is 0.239 e. The van der Waals surface area contributed by atoms with Crippen molar-refractivity contribution in [3.05, 3.63) is 0 Å². The number of rotatable bonds is 3. The van der Waals surface area contributed by atoms with Crippen LogP contribution in [0.5, 0.6) is 0 Å². The molecular formula is C10H16F2O. The molecule has 0 aliphatic heterocycles. The maximum atomic E-state index is 12.2. The Bertz CT molecular complexity index is 172. The third-order valence-electron chi connectivity index (χ3n) is 3.08. The monoisotopic (exact) mass is 190 g/mol. The van der Waals surface area contributed by atoms with Gasteiger partial charge in [0.2, 0.25) is 6.43 Å². The molecule has 1 nitrogen and oxygen atoms in total. The van der Waals surface area contributed by atoms with Gasteiger partial charge in [0, 0.05) is 11.8 Å². The van der Waals surface area contributed by atoms with Gasteiger partial charge >= 0.3 is 0 Å². The Morgan fingerprint density at radius 3 is 2.38 bits per heavy atom. The summed E-state index contributed by atoms with van der Waals surface area (Å²) in [7, 11) is 0. The fourth-order valence-corrected chi connectivity index (χ4v) is 2.01. The predicted octanol–water partition coefficient (Wildman–Crippen LogP) is 3.04. The normalized spacial score (nSPS) is 34.9. The molecule has 76 valence electrons. The van der Waals surface area contributed by atoms with Crippen LogP contribution in [0, 0.1) is 11.3 Å². The van der Waals surface area contributed by atoms with Crippen molar-refractivity contribution in [2.24, 2.45) is 11.3 Å². The number of carbonyl (C=O) groups excluding carboxylic acids is 1. The Morgan fingerprint density at radius 1 is 1.46 bits per heavy atom. The van der Waals surface area contributed by atoms with Gasteiger partial charge < -0.3 is 4.79 Å². The summed E-state index contributed by atoms with van der Waals surface area (Å²) in [5.74, 6) is 0.589. The van der Waals surface area contributed by atoms with E-state index in [1.165, 1.54) is 0 Å². The van der Waals surface area contributed by atoms with Crippen molar-refractivity contribution in [3.63, 3.8) is 0 Å². The number of aldehydes is 1. The summed E-state index contributed by atoms with van der Waals surface area (Å²) < 4.78 is 24.4. The van der Waals surface area contributed by atoms with Gasteiger partial charge in [-0.25, -0.2) is 8.78 Å². The second-order valence-corrected chi connectivity index (χ2v) is 4.26. The van der Waals surface area contributed by atoms with E-state index in [0.29, 0.717) is 18.8 Å². The molecule has 0 spiro atoms. The Hall–Kier alpha value is -0.470. The summed E-state index contributed by atoms with van der Waals surface area (Å²) in [5, 5.41) is 0. The molecule has 0 aromatic rings. The third kappa shape index (κ3) is 2.75. The van der Waals surface area contributed by atoms with Gasteiger partial charge in [-0.15, -0.1) is 0 Å². The van der Waals surface area contributed by atoms with E-state index in [9.17, 15) is 13.6 Å². The van der Waals surface area contributed by atoms with Gasteiger partial charge in [0.1, 0.15) is 6.29 Å². The first-order valence-electron chi connectivity index (χ1n) is 4.82. The molecule has 1 saturated carbocycles. The van der Waals surface area contributed by atoms with Crippen LogP contribution in [0.4, 0.5) is 8.78 Å². The number of hydrogen-bond acceptors (Lipinski definition) is 1. The maximum Gasteiger partial charge on any atom is 0.239 e. The van der Waals surface area contributed by atoms with Crippen LogP contribution in [0.2, 0.25) is 0 Å². The fraction of sp³-hybridized carbons (Fsp3) is 0.900. The standard InChI is InChI=1S/C10H16F2O/c1-8-2-4-10(7-13,5-3-8)6-9(11)12/h7-9H,2-6H2,1H3. The average Bonchev–Trinajstić information content (AvgIpc) is 2.09. The van der Waals surface area contributed by atoms with Gasteiger partial charge in [-0.3, -0.25) is 0 Å². The highest BCUT2D eigenvalue weighted by atomic mass is 19.3. The molecule has 1 aliphatic carbocycles. The van der Waals surface area contributed by atoms with E-state index < -0.39 is 11.8 Å². The summed E-state index contributed by atoms with van der Waals surface area (Å²) in [4.78, 5) is 10.8. The Morgan fingerprint density at radius 2 is 2.00 bits per heavy atom. The first-order valence-corrected chi connectivity index (χ1v) is 4.82. The Kier molecular flexibility index (Phi) is 3.40. The van der Waals surface area contributed by atoms with Crippen molar-refractivity contribution in [2.45, 2.75) is 45.5 Å². The summed E-state index contributed by atoms with van der Waals surface area (Å²) in [5.41, 5.74) is -0.708. The van der Waals surface area contributed by atoms with Crippen LogP contribution in [0.25, 0.3) is 0 Å². The topological polar surface area (TPSA) is 17.1 Å². The summed E-state index contributed by atoms with van der Waals surface area (Å²) in [6, 6.07) is 0. The van der Waals surface area contributed by atoms with Crippen molar-refractivity contribution >= 4 is 6.29 Å². The second kappa shape index (κ2) is 4.16. The highest BCUT2D eigenvalue weighted by Gasteiger charge is 2.36. The molecule has 0 N–H and O–H groups in total. The molecule has 0 atom stereocenters. The van der Waals surface area contributed by atoms with Gasteiger partial charge in [0.15, 0.2) is 0 Å².